The van der Waals surface area contributed by atoms with Gasteiger partial charge in [0, 0.05) is 29.8 Å². The molecule has 3 aromatic rings. The Morgan fingerprint density at radius 2 is 1.94 bits per heavy atom. The van der Waals surface area contributed by atoms with Crippen LogP contribution in [0.2, 0.25) is 5.02 Å². The van der Waals surface area contributed by atoms with Crippen molar-refractivity contribution in [1.29, 1.82) is 0 Å². The summed E-state index contributed by atoms with van der Waals surface area (Å²) in [5, 5.41) is 2.62. The predicted molar refractivity (Wildman–Crippen MR) is 109 cm³/mol. The molecule has 164 valence electrons. The lowest BCUT2D eigenvalue weighted by atomic mass is 10.1. The Hall–Kier alpha value is -3.20. The van der Waals surface area contributed by atoms with Crippen molar-refractivity contribution in [3.05, 3.63) is 58.8 Å². The maximum Gasteiger partial charge on any atom is 0.417 e. The molecule has 3 rings (SSSR count). The molecule has 31 heavy (non-hydrogen) atoms. The van der Waals surface area contributed by atoms with E-state index in [9.17, 15) is 22.8 Å². The van der Waals surface area contributed by atoms with Crippen LogP contribution in [0.3, 0.4) is 0 Å². The summed E-state index contributed by atoms with van der Waals surface area (Å²) in [4.78, 5) is 25.9. The predicted octanol–water partition coefficient (Wildman–Crippen LogP) is 4.75. The lowest BCUT2D eigenvalue weighted by Crippen LogP contribution is -2.35. The van der Waals surface area contributed by atoms with Crippen molar-refractivity contribution >= 4 is 40.1 Å². The third-order valence-electron chi connectivity index (χ3n) is 4.57. The molecule has 0 saturated heterocycles. The summed E-state index contributed by atoms with van der Waals surface area (Å²) < 4.78 is 49.4. The van der Waals surface area contributed by atoms with Crippen LogP contribution in [0.4, 0.5) is 18.9 Å². The number of ether oxygens (including phenoxy) is 1. The van der Waals surface area contributed by atoms with Crippen LogP contribution in [0.5, 0.6) is 5.75 Å². The number of amides is 2. The average molecular weight is 455 g/mol. The molecule has 0 spiro atoms. The normalized spacial score (nSPS) is 11.4. The van der Waals surface area contributed by atoms with E-state index in [4.69, 9.17) is 20.8 Å². The minimum absolute atomic E-state index is 0.0116. The van der Waals surface area contributed by atoms with Crippen LogP contribution in [-0.4, -0.2) is 37.4 Å². The standard InChI is InChI=1S/C21H18ClF3N2O4/c1-27(10-19(28)26-13-3-6-17(22)16(8-13)21(23,24)25)20(29)7-12-11-31-18-9-14(30-2)4-5-15(12)18/h3-6,8-9,11H,7,10H2,1-2H3,(H,26,28). The van der Waals surface area contributed by atoms with Crippen molar-refractivity contribution in [2.24, 2.45) is 0 Å². The number of benzene rings is 2. The van der Waals surface area contributed by atoms with E-state index in [-0.39, 0.29) is 24.6 Å². The quantitative estimate of drug-likeness (QED) is 0.583. The summed E-state index contributed by atoms with van der Waals surface area (Å²) in [6.45, 7) is -0.341. The zero-order chi connectivity index (χ0) is 22.8. The first-order valence-corrected chi connectivity index (χ1v) is 9.41. The number of fused-ring (bicyclic) bond motifs is 1. The smallest absolute Gasteiger partial charge is 0.417 e. The Labute approximate surface area is 180 Å². The van der Waals surface area contributed by atoms with Gasteiger partial charge in [-0.15, -0.1) is 0 Å². The Morgan fingerprint density at radius 1 is 1.19 bits per heavy atom. The number of carbonyl (C=O) groups excluding carboxylic acids is 2. The highest BCUT2D eigenvalue weighted by molar-refractivity contribution is 6.31. The first-order valence-electron chi connectivity index (χ1n) is 9.03. The molecule has 0 bridgehead atoms. The van der Waals surface area contributed by atoms with Gasteiger partial charge in [0.15, 0.2) is 0 Å². The second-order valence-corrected chi connectivity index (χ2v) is 7.20. The summed E-state index contributed by atoms with van der Waals surface area (Å²) in [6.07, 6.45) is -3.20. The highest BCUT2D eigenvalue weighted by Gasteiger charge is 2.33. The first-order chi connectivity index (χ1) is 14.6. The minimum atomic E-state index is -4.65. The Balaban J connectivity index is 1.63. The molecule has 2 amide bonds. The molecule has 0 aliphatic heterocycles. The maximum atomic E-state index is 13.0. The lowest BCUT2D eigenvalue weighted by Gasteiger charge is -2.17. The summed E-state index contributed by atoms with van der Waals surface area (Å²) in [5.74, 6) is -0.391. The van der Waals surface area contributed by atoms with Gasteiger partial charge in [0.25, 0.3) is 0 Å². The van der Waals surface area contributed by atoms with Gasteiger partial charge in [-0.25, -0.2) is 0 Å². The van der Waals surface area contributed by atoms with Gasteiger partial charge in [-0.1, -0.05) is 11.6 Å². The van der Waals surface area contributed by atoms with E-state index in [0.29, 0.717) is 16.9 Å². The summed E-state index contributed by atoms with van der Waals surface area (Å²) in [6, 6.07) is 8.25. The molecule has 0 aliphatic carbocycles. The van der Waals surface area contributed by atoms with Crippen molar-refractivity contribution in [2.45, 2.75) is 12.6 Å². The van der Waals surface area contributed by atoms with E-state index in [1.807, 2.05) is 0 Å². The molecule has 1 heterocycles. The van der Waals surface area contributed by atoms with Crippen LogP contribution >= 0.6 is 11.6 Å². The fourth-order valence-corrected chi connectivity index (χ4v) is 3.17. The lowest BCUT2D eigenvalue weighted by molar-refractivity contribution is -0.137. The second kappa shape index (κ2) is 8.89. The zero-order valence-electron chi connectivity index (χ0n) is 16.5. The highest BCUT2D eigenvalue weighted by atomic mass is 35.5. The number of furan rings is 1. The number of anilines is 1. The topological polar surface area (TPSA) is 71.8 Å². The zero-order valence-corrected chi connectivity index (χ0v) is 17.3. The second-order valence-electron chi connectivity index (χ2n) is 6.79. The molecule has 10 heteroatoms. The number of nitrogens with zero attached hydrogens (tertiary/aromatic N) is 1. The van der Waals surface area contributed by atoms with Crippen molar-refractivity contribution in [3.63, 3.8) is 0 Å². The van der Waals surface area contributed by atoms with Crippen LogP contribution < -0.4 is 10.1 Å². The molecule has 2 aromatic carbocycles. The molecule has 1 N–H and O–H groups in total. The Morgan fingerprint density at radius 3 is 2.61 bits per heavy atom. The van der Waals surface area contributed by atoms with Gasteiger partial charge < -0.3 is 19.4 Å². The molecular weight excluding hydrogens is 437 g/mol. The highest BCUT2D eigenvalue weighted by Crippen LogP contribution is 2.36. The van der Waals surface area contributed by atoms with Gasteiger partial charge in [-0.3, -0.25) is 9.59 Å². The maximum absolute atomic E-state index is 13.0. The molecular formula is C21H18ClF3N2O4. The molecule has 6 nitrogen and oxygen atoms in total. The number of hydrogen-bond acceptors (Lipinski definition) is 4. The van der Waals surface area contributed by atoms with E-state index in [2.05, 4.69) is 5.32 Å². The van der Waals surface area contributed by atoms with Gasteiger partial charge in [-0.05, 0) is 30.3 Å². The third-order valence-corrected chi connectivity index (χ3v) is 4.90. The molecule has 0 aliphatic rings. The van der Waals surface area contributed by atoms with Crippen LogP contribution in [-0.2, 0) is 22.2 Å². The van der Waals surface area contributed by atoms with Gasteiger partial charge >= 0.3 is 6.18 Å². The third kappa shape index (κ3) is 5.29. The van der Waals surface area contributed by atoms with Crippen LogP contribution in [0.1, 0.15) is 11.1 Å². The van der Waals surface area contributed by atoms with Gasteiger partial charge in [0.2, 0.25) is 11.8 Å². The van der Waals surface area contributed by atoms with E-state index in [1.165, 1.54) is 31.4 Å². The van der Waals surface area contributed by atoms with Crippen molar-refractivity contribution in [2.75, 3.05) is 26.0 Å². The van der Waals surface area contributed by atoms with Crippen LogP contribution in [0, 0.1) is 0 Å². The number of methoxy groups -OCH3 is 1. The van der Waals surface area contributed by atoms with E-state index in [1.54, 1.807) is 18.2 Å². The van der Waals surface area contributed by atoms with E-state index in [0.717, 1.165) is 17.5 Å². The Bertz CT molecular complexity index is 1130. The summed E-state index contributed by atoms with van der Waals surface area (Å²) in [7, 11) is 2.96. The van der Waals surface area contributed by atoms with Gasteiger partial charge in [0.1, 0.15) is 11.3 Å². The van der Waals surface area contributed by atoms with E-state index < -0.39 is 22.7 Å². The largest absolute Gasteiger partial charge is 0.497 e. The van der Waals surface area contributed by atoms with Crippen LogP contribution in [0.15, 0.2) is 47.1 Å². The fraction of sp³-hybridized carbons (Fsp3) is 0.238. The van der Waals surface area contributed by atoms with E-state index >= 15 is 0 Å². The fourth-order valence-electron chi connectivity index (χ4n) is 2.95. The van der Waals surface area contributed by atoms with Crippen LogP contribution in [0.25, 0.3) is 11.0 Å². The summed E-state index contributed by atoms with van der Waals surface area (Å²) in [5.41, 5.74) is 0.0744. The molecule has 0 radical (unpaired) electrons. The first kappa shape index (κ1) is 22.5. The molecule has 0 saturated carbocycles. The average Bonchev–Trinajstić information content (AvgIpc) is 3.10. The number of carbonyl (C=O) groups is 2. The van der Waals surface area contributed by atoms with Crippen molar-refractivity contribution in [3.8, 4) is 5.75 Å². The number of alkyl halides is 3. The monoisotopic (exact) mass is 454 g/mol. The van der Waals surface area contributed by atoms with Gasteiger partial charge in [-0.2, -0.15) is 13.2 Å². The molecule has 0 unspecified atom stereocenters. The number of likely N-dealkylation sites (N-methyl/N-ethyl adjacent to an activating group) is 1. The SMILES string of the molecule is COc1ccc2c(CC(=O)N(C)CC(=O)Nc3ccc(Cl)c(C(F)(F)F)c3)coc2c1. The Kier molecular flexibility index (Phi) is 6.45. The molecule has 1 aromatic heterocycles. The number of hydrogen-bond donors (Lipinski definition) is 1. The number of halogens is 4. The number of rotatable bonds is 6. The van der Waals surface area contributed by atoms with Crippen molar-refractivity contribution in [1.82, 2.24) is 4.90 Å². The number of nitrogens with one attached hydrogen (secondary N) is 1. The van der Waals surface area contributed by atoms with Crippen molar-refractivity contribution < 1.29 is 31.9 Å². The minimum Gasteiger partial charge on any atom is -0.497 e. The molecule has 0 fully saturated rings. The van der Waals surface area contributed by atoms with Gasteiger partial charge in [0.05, 0.1) is 36.9 Å². The molecule has 0 atom stereocenters. The summed E-state index contributed by atoms with van der Waals surface area (Å²) >= 11 is 5.57.